The summed E-state index contributed by atoms with van der Waals surface area (Å²) in [5, 5.41) is 3.06. The molecule has 0 rings (SSSR count). The van der Waals surface area contributed by atoms with Gasteiger partial charge in [-0.15, -0.1) is 0 Å². The molecule has 450 valence electrons. The Bertz CT molecular complexity index is 1500. The third kappa shape index (κ3) is 58.2. The first-order valence-corrected chi connectivity index (χ1v) is 34.1. The van der Waals surface area contributed by atoms with Crippen molar-refractivity contribution in [3.05, 3.63) is 60.8 Å². The number of carbonyl (C=O) groups excluding carboxylic acids is 2. The largest absolute Gasteiger partial charge is 0.472 e. The smallest absolute Gasteiger partial charge is 0.456 e. The standard InChI is InChI=1S/C67H125N2O7P/c1-7-10-13-16-19-22-25-27-28-29-30-31-32-33-34-35-36-37-38-39-40-42-44-47-50-53-56-59-66(70)68-64(63-75-77(72,73)74-62-61-69(4,5)6)65(58-55-52-49-46-43-24-21-18-15-12-9-3)76-67(71)60-57-54-51-48-45-41-26-23-20-17-14-11-8-2/h19,22,27-28,30-31,33-34,55,58,64-65H,7-18,20-21,23-26,29,32,35-54,56-57,59-63H2,1-6H3,(H-,68,70,72,73)/p+1/b22-19-,28-27-,31-30-,34-33-,58-55-. The number of quaternary nitrogens is 1. The molecule has 0 bridgehead atoms. The molecule has 0 fully saturated rings. The Morgan fingerprint density at radius 1 is 0.455 bits per heavy atom. The van der Waals surface area contributed by atoms with E-state index in [-0.39, 0.29) is 25.1 Å². The van der Waals surface area contributed by atoms with Gasteiger partial charge in [0, 0.05) is 12.8 Å². The number of amides is 1. The van der Waals surface area contributed by atoms with Crippen molar-refractivity contribution in [3.63, 3.8) is 0 Å². The maximum atomic E-state index is 13.6. The van der Waals surface area contributed by atoms with Crippen LogP contribution in [-0.2, 0) is 27.9 Å². The molecular formula is C67H126N2O7P+. The average molecular weight is 1100 g/mol. The molecule has 0 aliphatic carbocycles. The van der Waals surface area contributed by atoms with E-state index in [0.717, 1.165) is 77.0 Å². The Morgan fingerprint density at radius 3 is 1.21 bits per heavy atom. The van der Waals surface area contributed by atoms with Crippen molar-refractivity contribution in [2.24, 2.45) is 0 Å². The molecule has 0 aromatic heterocycles. The van der Waals surface area contributed by atoms with E-state index in [4.69, 9.17) is 13.8 Å². The molecule has 3 unspecified atom stereocenters. The van der Waals surface area contributed by atoms with Crippen LogP contribution < -0.4 is 5.32 Å². The second-order valence-electron chi connectivity index (χ2n) is 23.3. The van der Waals surface area contributed by atoms with Gasteiger partial charge in [0.25, 0.3) is 0 Å². The number of carbonyl (C=O) groups is 2. The summed E-state index contributed by atoms with van der Waals surface area (Å²) in [5.74, 6) is -0.500. The van der Waals surface area contributed by atoms with Crippen molar-refractivity contribution in [2.75, 3.05) is 40.9 Å². The fourth-order valence-electron chi connectivity index (χ4n) is 9.40. The third-order valence-electron chi connectivity index (χ3n) is 14.5. The molecule has 1 amide bonds. The lowest BCUT2D eigenvalue weighted by Gasteiger charge is -2.27. The van der Waals surface area contributed by atoms with Gasteiger partial charge in [0.05, 0.1) is 33.8 Å². The van der Waals surface area contributed by atoms with Gasteiger partial charge in [0.15, 0.2) is 0 Å². The highest BCUT2D eigenvalue weighted by atomic mass is 31.2. The Hall–Kier alpha value is -2.29. The van der Waals surface area contributed by atoms with Gasteiger partial charge in [-0.3, -0.25) is 18.6 Å². The predicted octanol–water partition coefficient (Wildman–Crippen LogP) is 20.2. The molecule has 0 aromatic carbocycles. The van der Waals surface area contributed by atoms with Crippen molar-refractivity contribution in [1.82, 2.24) is 5.32 Å². The minimum absolute atomic E-state index is 0.0400. The van der Waals surface area contributed by atoms with E-state index in [1.165, 1.54) is 193 Å². The van der Waals surface area contributed by atoms with Crippen LogP contribution in [0.2, 0.25) is 0 Å². The highest BCUT2D eigenvalue weighted by molar-refractivity contribution is 7.47. The van der Waals surface area contributed by atoms with Crippen LogP contribution in [0.5, 0.6) is 0 Å². The number of phosphoric ester groups is 1. The van der Waals surface area contributed by atoms with Gasteiger partial charge in [0.1, 0.15) is 19.3 Å². The summed E-state index contributed by atoms with van der Waals surface area (Å²) < 4.78 is 30.7. The molecule has 0 heterocycles. The summed E-state index contributed by atoms with van der Waals surface area (Å²) in [4.78, 5) is 37.7. The molecular weight excluding hydrogens is 976 g/mol. The van der Waals surface area contributed by atoms with Gasteiger partial charge < -0.3 is 19.4 Å². The van der Waals surface area contributed by atoms with Crippen LogP contribution >= 0.6 is 7.82 Å². The SMILES string of the molecule is CCCCC/C=C\C/C=C\C/C=C\C/C=C\CCCCCCCCCCCCCC(=O)NC(COP(=O)(O)OCC[N+](C)(C)C)C(/C=C\CCCCCCCCCCC)OC(=O)CCCCCCCCCCCCCCC. The molecule has 0 radical (unpaired) electrons. The molecule has 3 atom stereocenters. The number of rotatable bonds is 59. The number of hydrogen-bond acceptors (Lipinski definition) is 6. The summed E-state index contributed by atoms with van der Waals surface area (Å²) in [7, 11) is 1.50. The van der Waals surface area contributed by atoms with Crippen molar-refractivity contribution < 1.29 is 37.3 Å². The van der Waals surface area contributed by atoms with E-state index < -0.39 is 20.0 Å². The minimum atomic E-state index is -4.45. The molecule has 0 aliphatic heterocycles. The van der Waals surface area contributed by atoms with Crippen molar-refractivity contribution >= 4 is 19.7 Å². The molecule has 0 saturated heterocycles. The van der Waals surface area contributed by atoms with E-state index in [1.807, 2.05) is 33.3 Å². The molecule has 0 aromatic rings. The summed E-state index contributed by atoms with van der Waals surface area (Å²) in [6, 6.07) is -0.848. The Kier molecular flexibility index (Phi) is 55.3. The van der Waals surface area contributed by atoms with Gasteiger partial charge in [0.2, 0.25) is 5.91 Å². The van der Waals surface area contributed by atoms with Gasteiger partial charge >= 0.3 is 13.8 Å². The molecule has 0 spiro atoms. The van der Waals surface area contributed by atoms with Crippen LogP contribution in [0, 0.1) is 0 Å². The van der Waals surface area contributed by atoms with Crippen molar-refractivity contribution in [3.8, 4) is 0 Å². The topological polar surface area (TPSA) is 111 Å². The lowest BCUT2D eigenvalue weighted by molar-refractivity contribution is -0.870. The number of allylic oxidation sites excluding steroid dienone is 9. The first-order valence-electron chi connectivity index (χ1n) is 32.6. The first-order chi connectivity index (χ1) is 37.4. The Morgan fingerprint density at radius 2 is 0.792 bits per heavy atom. The van der Waals surface area contributed by atoms with Crippen LogP contribution in [0.15, 0.2) is 60.8 Å². The van der Waals surface area contributed by atoms with Crippen LogP contribution in [0.4, 0.5) is 0 Å². The van der Waals surface area contributed by atoms with Gasteiger partial charge in [-0.25, -0.2) is 4.57 Å². The number of nitrogens with zero attached hydrogens (tertiary/aromatic N) is 1. The number of unbranched alkanes of at least 4 members (excludes halogenated alkanes) is 35. The third-order valence-corrected chi connectivity index (χ3v) is 15.4. The lowest BCUT2D eigenvalue weighted by Crippen LogP contribution is -2.47. The minimum Gasteiger partial charge on any atom is -0.456 e. The monoisotopic (exact) mass is 1100 g/mol. The molecule has 2 N–H and O–H groups in total. The zero-order chi connectivity index (χ0) is 56.4. The van der Waals surface area contributed by atoms with E-state index in [1.54, 1.807) is 0 Å². The van der Waals surface area contributed by atoms with Crippen LogP contribution in [-0.4, -0.2) is 74.3 Å². The van der Waals surface area contributed by atoms with Crippen LogP contribution in [0.1, 0.15) is 303 Å². The normalized spacial score (nSPS) is 14.0. The summed E-state index contributed by atoms with van der Waals surface area (Å²) in [5.41, 5.74) is 0. The Labute approximate surface area is 477 Å². The highest BCUT2D eigenvalue weighted by Crippen LogP contribution is 2.43. The number of nitrogens with one attached hydrogen (secondary N) is 1. The lowest BCUT2D eigenvalue weighted by atomic mass is 10.0. The molecule has 9 nitrogen and oxygen atoms in total. The summed E-state index contributed by atoms with van der Waals surface area (Å²) in [6.07, 6.45) is 72.2. The zero-order valence-corrected chi connectivity index (χ0v) is 52.3. The quantitative estimate of drug-likeness (QED) is 0.0205. The number of hydrogen-bond donors (Lipinski definition) is 2. The van der Waals surface area contributed by atoms with Crippen molar-refractivity contribution in [1.29, 1.82) is 0 Å². The summed E-state index contributed by atoms with van der Waals surface area (Å²) >= 11 is 0. The molecule has 0 saturated carbocycles. The molecule has 10 heteroatoms. The van der Waals surface area contributed by atoms with Crippen molar-refractivity contribution in [2.45, 2.75) is 315 Å². The molecule has 0 aliphatic rings. The van der Waals surface area contributed by atoms with E-state index >= 15 is 0 Å². The average Bonchev–Trinajstić information content (AvgIpc) is 3.39. The second-order valence-corrected chi connectivity index (χ2v) is 24.7. The van der Waals surface area contributed by atoms with Gasteiger partial charge in [-0.1, -0.05) is 275 Å². The van der Waals surface area contributed by atoms with Crippen LogP contribution in [0.25, 0.3) is 0 Å². The van der Waals surface area contributed by atoms with E-state index in [0.29, 0.717) is 23.9 Å². The maximum Gasteiger partial charge on any atom is 0.472 e. The van der Waals surface area contributed by atoms with E-state index in [2.05, 4.69) is 74.7 Å². The maximum absolute atomic E-state index is 13.6. The fraction of sp³-hybridized carbons (Fsp3) is 0.821. The number of phosphoric acid groups is 1. The summed E-state index contributed by atoms with van der Waals surface area (Å²) in [6.45, 7) is 7.00. The second kappa shape index (κ2) is 57.0. The van der Waals surface area contributed by atoms with Gasteiger partial charge in [-0.2, -0.15) is 0 Å². The number of esters is 1. The van der Waals surface area contributed by atoms with Crippen LogP contribution in [0.3, 0.4) is 0 Å². The van der Waals surface area contributed by atoms with Gasteiger partial charge in [-0.05, 0) is 76.7 Å². The first kappa shape index (κ1) is 74.7. The fourth-order valence-corrected chi connectivity index (χ4v) is 10.1. The predicted molar refractivity (Wildman–Crippen MR) is 332 cm³/mol. The number of ether oxygens (including phenoxy) is 1. The molecule has 77 heavy (non-hydrogen) atoms. The number of likely N-dealkylation sites (N-methyl/N-ethyl adjacent to an activating group) is 1. The zero-order valence-electron chi connectivity index (χ0n) is 51.5. The Balaban J connectivity index is 5.02. The highest BCUT2D eigenvalue weighted by Gasteiger charge is 2.30. The van der Waals surface area contributed by atoms with E-state index in [9.17, 15) is 19.0 Å².